The van der Waals surface area contributed by atoms with E-state index in [1.807, 2.05) is 0 Å². The Morgan fingerprint density at radius 1 is 1.06 bits per heavy atom. The first-order valence-corrected chi connectivity index (χ1v) is 7.88. The monoisotopic (exact) mass is 254 g/mol. The Kier molecular flexibility index (Phi) is 5.93. The second kappa shape index (κ2) is 7.46. The molecule has 1 aliphatic carbocycles. The molecule has 0 amide bonds. The van der Waals surface area contributed by atoms with Crippen molar-refractivity contribution >= 4 is 0 Å². The Morgan fingerprint density at radius 2 is 1.72 bits per heavy atom. The molecule has 106 valence electrons. The van der Waals surface area contributed by atoms with Crippen LogP contribution < -0.4 is 5.73 Å². The van der Waals surface area contributed by atoms with E-state index >= 15 is 0 Å². The highest BCUT2D eigenvalue weighted by molar-refractivity contribution is 4.77. The van der Waals surface area contributed by atoms with Crippen LogP contribution in [0.2, 0.25) is 0 Å². The van der Waals surface area contributed by atoms with E-state index in [4.69, 9.17) is 5.73 Å². The average molecular weight is 254 g/mol. The molecule has 1 saturated carbocycles. The second-order valence-electron chi connectivity index (χ2n) is 6.36. The molecule has 1 heterocycles. The van der Waals surface area contributed by atoms with Crippen molar-refractivity contribution in [3.05, 3.63) is 0 Å². The highest BCUT2D eigenvalue weighted by Gasteiger charge is 2.23. The Bertz CT molecular complexity index is 221. The minimum absolute atomic E-state index is 0.0980. The predicted octanol–water partition coefficient (Wildman–Crippen LogP) is 1.99. The molecule has 2 fully saturated rings. The molecule has 0 aromatic heterocycles. The van der Waals surface area contributed by atoms with Gasteiger partial charge in [0.15, 0.2) is 0 Å². The molecule has 0 radical (unpaired) electrons. The number of likely N-dealkylation sites (tertiary alicyclic amines) is 1. The van der Waals surface area contributed by atoms with Gasteiger partial charge < -0.3 is 15.7 Å². The molecule has 0 aromatic rings. The number of piperidine rings is 1. The summed E-state index contributed by atoms with van der Waals surface area (Å²) in [6, 6.07) is 0. The fourth-order valence-corrected chi connectivity index (χ4v) is 3.70. The van der Waals surface area contributed by atoms with Crippen LogP contribution in [0.15, 0.2) is 0 Å². The maximum absolute atomic E-state index is 10.2. The fraction of sp³-hybridized carbons (Fsp3) is 1.00. The molecular formula is C15H30N2O. The predicted molar refractivity (Wildman–Crippen MR) is 75.4 cm³/mol. The summed E-state index contributed by atoms with van der Waals surface area (Å²) in [4.78, 5) is 2.45. The lowest BCUT2D eigenvalue weighted by molar-refractivity contribution is 0.0724. The summed E-state index contributed by atoms with van der Waals surface area (Å²) in [6.07, 6.45) is 10.1. The molecule has 0 aromatic carbocycles. The third-order valence-electron chi connectivity index (χ3n) is 4.83. The van der Waals surface area contributed by atoms with Crippen LogP contribution in [0.4, 0.5) is 0 Å². The minimum atomic E-state index is -0.0980. The van der Waals surface area contributed by atoms with E-state index in [0.717, 1.165) is 44.4 Å². The Balaban J connectivity index is 1.61. The number of aliphatic hydroxyl groups is 1. The normalized spacial score (nSPS) is 25.7. The Labute approximate surface area is 112 Å². The van der Waals surface area contributed by atoms with Gasteiger partial charge in [0.05, 0.1) is 6.10 Å². The zero-order valence-electron chi connectivity index (χ0n) is 11.7. The standard InChI is InChI=1S/C15H30N2O/c16-8-5-13-6-9-17(10-7-13)12-15(18)11-14-3-1-2-4-14/h13-15,18H,1-12,16H2. The van der Waals surface area contributed by atoms with Gasteiger partial charge >= 0.3 is 0 Å². The topological polar surface area (TPSA) is 49.5 Å². The van der Waals surface area contributed by atoms with Crippen molar-refractivity contribution in [2.75, 3.05) is 26.2 Å². The number of rotatable bonds is 6. The van der Waals surface area contributed by atoms with Gasteiger partial charge in [0.1, 0.15) is 0 Å². The van der Waals surface area contributed by atoms with Crippen molar-refractivity contribution in [2.45, 2.75) is 57.5 Å². The van der Waals surface area contributed by atoms with Gasteiger partial charge in [0.25, 0.3) is 0 Å². The average Bonchev–Trinajstić information content (AvgIpc) is 2.84. The maximum atomic E-state index is 10.2. The summed E-state index contributed by atoms with van der Waals surface area (Å²) >= 11 is 0. The lowest BCUT2D eigenvalue weighted by atomic mass is 9.93. The van der Waals surface area contributed by atoms with Gasteiger partial charge in [-0.3, -0.25) is 0 Å². The quantitative estimate of drug-likeness (QED) is 0.762. The molecule has 3 nitrogen and oxygen atoms in total. The van der Waals surface area contributed by atoms with Crippen molar-refractivity contribution in [2.24, 2.45) is 17.6 Å². The fourth-order valence-electron chi connectivity index (χ4n) is 3.70. The molecule has 3 N–H and O–H groups in total. The van der Waals surface area contributed by atoms with E-state index in [2.05, 4.69) is 4.90 Å². The summed E-state index contributed by atoms with van der Waals surface area (Å²) in [6.45, 7) is 4.04. The van der Waals surface area contributed by atoms with Crippen LogP contribution in [0.25, 0.3) is 0 Å². The van der Waals surface area contributed by atoms with Crippen LogP contribution in [-0.2, 0) is 0 Å². The molecule has 1 unspecified atom stereocenters. The molecule has 1 aliphatic heterocycles. The van der Waals surface area contributed by atoms with Crippen molar-refractivity contribution in [3.8, 4) is 0 Å². The summed E-state index contributed by atoms with van der Waals surface area (Å²) < 4.78 is 0. The smallest absolute Gasteiger partial charge is 0.0669 e. The SMILES string of the molecule is NCCC1CCN(CC(O)CC2CCCC2)CC1. The van der Waals surface area contributed by atoms with Crippen LogP contribution in [0, 0.1) is 11.8 Å². The third-order valence-corrected chi connectivity index (χ3v) is 4.83. The lowest BCUT2D eigenvalue weighted by Gasteiger charge is -2.33. The molecule has 1 atom stereocenters. The maximum Gasteiger partial charge on any atom is 0.0669 e. The summed E-state index contributed by atoms with van der Waals surface area (Å²) in [5.74, 6) is 1.63. The number of hydrogen-bond donors (Lipinski definition) is 2. The molecule has 0 bridgehead atoms. The molecule has 2 rings (SSSR count). The third kappa shape index (κ3) is 4.52. The largest absolute Gasteiger partial charge is 0.392 e. The Hall–Kier alpha value is -0.120. The molecule has 0 spiro atoms. The van der Waals surface area contributed by atoms with Gasteiger partial charge in [-0.15, -0.1) is 0 Å². The Morgan fingerprint density at radius 3 is 2.33 bits per heavy atom. The van der Waals surface area contributed by atoms with Crippen LogP contribution in [0.5, 0.6) is 0 Å². The summed E-state index contributed by atoms with van der Waals surface area (Å²) in [7, 11) is 0. The first-order chi connectivity index (χ1) is 8.78. The number of β-amino-alcohol motifs (C(OH)–C–C–N with tert-alkyl or cyclic N) is 1. The van der Waals surface area contributed by atoms with E-state index in [1.54, 1.807) is 0 Å². The van der Waals surface area contributed by atoms with Crippen molar-refractivity contribution in [3.63, 3.8) is 0 Å². The van der Waals surface area contributed by atoms with Gasteiger partial charge in [0.2, 0.25) is 0 Å². The molecular weight excluding hydrogens is 224 g/mol. The van der Waals surface area contributed by atoms with Crippen molar-refractivity contribution < 1.29 is 5.11 Å². The lowest BCUT2D eigenvalue weighted by Crippen LogP contribution is -2.39. The van der Waals surface area contributed by atoms with Gasteiger partial charge in [-0.25, -0.2) is 0 Å². The van der Waals surface area contributed by atoms with Crippen LogP contribution in [0.3, 0.4) is 0 Å². The second-order valence-corrected chi connectivity index (χ2v) is 6.36. The molecule has 1 saturated heterocycles. The van der Waals surface area contributed by atoms with E-state index in [1.165, 1.54) is 44.9 Å². The number of hydrogen-bond acceptors (Lipinski definition) is 3. The van der Waals surface area contributed by atoms with E-state index in [0.29, 0.717) is 0 Å². The van der Waals surface area contributed by atoms with Gasteiger partial charge in [0, 0.05) is 6.54 Å². The van der Waals surface area contributed by atoms with E-state index in [9.17, 15) is 5.11 Å². The molecule has 3 heteroatoms. The van der Waals surface area contributed by atoms with Gasteiger partial charge in [-0.2, -0.15) is 0 Å². The summed E-state index contributed by atoms with van der Waals surface area (Å²) in [5.41, 5.74) is 5.61. The van der Waals surface area contributed by atoms with E-state index in [-0.39, 0.29) is 6.10 Å². The van der Waals surface area contributed by atoms with Crippen molar-refractivity contribution in [1.29, 1.82) is 0 Å². The van der Waals surface area contributed by atoms with Crippen LogP contribution >= 0.6 is 0 Å². The van der Waals surface area contributed by atoms with Gasteiger partial charge in [-0.1, -0.05) is 25.7 Å². The van der Waals surface area contributed by atoms with Crippen LogP contribution in [0.1, 0.15) is 51.4 Å². The zero-order chi connectivity index (χ0) is 12.8. The number of aliphatic hydroxyl groups excluding tert-OH is 1. The van der Waals surface area contributed by atoms with Crippen LogP contribution in [-0.4, -0.2) is 42.3 Å². The number of nitrogens with two attached hydrogens (primary N) is 1. The minimum Gasteiger partial charge on any atom is -0.392 e. The highest BCUT2D eigenvalue weighted by atomic mass is 16.3. The highest BCUT2D eigenvalue weighted by Crippen LogP contribution is 2.29. The summed E-state index contributed by atoms with van der Waals surface area (Å²) in [5, 5.41) is 10.2. The first kappa shape index (κ1) is 14.3. The van der Waals surface area contributed by atoms with Gasteiger partial charge in [-0.05, 0) is 57.2 Å². The first-order valence-electron chi connectivity index (χ1n) is 7.88. The molecule has 2 aliphatic rings. The molecule has 18 heavy (non-hydrogen) atoms. The number of nitrogens with zero attached hydrogens (tertiary/aromatic N) is 1. The zero-order valence-corrected chi connectivity index (χ0v) is 11.7. The van der Waals surface area contributed by atoms with Crippen molar-refractivity contribution in [1.82, 2.24) is 4.90 Å². The van der Waals surface area contributed by atoms with E-state index < -0.39 is 0 Å².